The fourth-order valence-corrected chi connectivity index (χ4v) is 5.49. The van der Waals surface area contributed by atoms with Gasteiger partial charge in [-0.05, 0) is 44.7 Å². The molecule has 8 heteroatoms. The Morgan fingerprint density at radius 2 is 1.85 bits per heavy atom. The minimum atomic E-state index is -3.63. The SMILES string of the molecule is Cc1cc(C)c(S(=O)(=O)N2CCCC(Oc3nccnc3C#N)C2)c(C)c1. The highest BCUT2D eigenvalue weighted by Crippen LogP contribution is 2.28. The van der Waals surface area contributed by atoms with Crippen molar-refractivity contribution in [2.24, 2.45) is 0 Å². The molecule has 3 rings (SSSR count). The zero-order chi connectivity index (χ0) is 19.6. The topological polar surface area (TPSA) is 96.2 Å². The van der Waals surface area contributed by atoms with Gasteiger partial charge in [-0.3, -0.25) is 0 Å². The third kappa shape index (κ3) is 3.94. The molecule has 2 aromatic rings. The molecule has 1 aromatic carbocycles. The van der Waals surface area contributed by atoms with Crippen molar-refractivity contribution in [3.63, 3.8) is 0 Å². The number of aromatic nitrogens is 2. The van der Waals surface area contributed by atoms with Gasteiger partial charge in [0.15, 0.2) is 0 Å². The van der Waals surface area contributed by atoms with Gasteiger partial charge in [-0.2, -0.15) is 9.57 Å². The van der Waals surface area contributed by atoms with Crippen LogP contribution in [0.25, 0.3) is 0 Å². The lowest BCUT2D eigenvalue weighted by molar-refractivity contribution is 0.124. The Bertz CT molecular complexity index is 975. The molecule has 1 atom stereocenters. The van der Waals surface area contributed by atoms with Crippen LogP contribution in [0.2, 0.25) is 0 Å². The van der Waals surface area contributed by atoms with E-state index in [1.807, 2.05) is 39.0 Å². The number of hydrogen-bond donors (Lipinski definition) is 0. The molecule has 1 aliphatic heterocycles. The van der Waals surface area contributed by atoms with E-state index in [9.17, 15) is 8.42 Å². The lowest BCUT2D eigenvalue weighted by Crippen LogP contribution is -2.44. The van der Waals surface area contributed by atoms with Crippen LogP contribution in [-0.4, -0.2) is 41.9 Å². The number of sulfonamides is 1. The maximum Gasteiger partial charge on any atom is 0.251 e. The highest BCUT2D eigenvalue weighted by Gasteiger charge is 2.33. The lowest BCUT2D eigenvalue weighted by atomic mass is 10.1. The average molecular weight is 386 g/mol. The van der Waals surface area contributed by atoms with Crippen LogP contribution in [0.1, 0.15) is 35.2 Å². The summed E-state index contributed by atoms with van der Waals surface area (Å²) in [7, 11) is -3.63. The molecule has 27 heavy (non-hydrogen) atoms. The first-order valence-corrected chi connectivity index (χ1v) is 10.2. The van der Waals surface area contributed by atoms with E-state index in [4.69, 9.17) is 10.00 Å². The molecule has 1 fully saturated rings. The summed E-state index contributed by atoms with van der Waals surface area (Å²) in [6.45, 7) is 6.26. The molecule has 1 aromatic heterocycles. The summed E-state index contributed by atoms with van der Waals surface area (Å²) < 4.78 is 33.8. The van der Waals surface area contributed by atoms with Crippen LogP contribution in [0.3, 0.4) is 0 Å². The third-order valence-corrected chi connectivity index (χ3v) is 6.76. The van der Waals surface area contributed by atoms with E-state index in [2.05, 4.69) is 9.97 Å². The smallest absolute Gasteiger partial charge is 0.251 e. The maximum absolute atomic E-state index is 13.3. The molecule has 0 amide bonds. The molecule has 0 radical (unpaired) electrons. The molecule has 0 N–H and O–H groups in total. The second-order valence-electron chi connectivity index (χ2n) is 6.79. The van der Waals surface area contributed by atoms with Gasteiger partial charge in [-0.25, -0.2) is 18.4 Å². The van der Waals surface area contributed by atoms with Crippen LogP contribution in [-0.2, 0) is 10.0 Å². The van der Waals surface area contributed by atoms with Gasteiger partial charge in [0, 0.05) is 18.9 Å². The highest BCUT2D eigenvalue weighted by atomic mass is 32.2. The molecule has 0 saturated carbocycles. The predicted octanol–water partition coefficient (Wildman–Crippen LogP) is 2.51. The van der Waals surface area contributed by atoms with Crippen LogP contribution < -0.4 is 4.74 Å². The monoisotopic (exact) mass is 386 g/mol. The average Bonchev–Trinajstić information content (AvgIpc) is 2.61. The second kappa shape index (κ2) is 7.62. The van der Waals surface area contributed by atoms with Gasteiger partial charge < -0.3 is 4.74 Å². The number of ether oxygens (including phenoxy) is 1. The largest absolute Gasteiger partial charge is 0.471 e. The van der Waals surface area contributed by atoms with Crippen LogP contribution >= 0.6 is 0 Å². The summed E-state index contributed by atoms with van der Waals surface area (Å²) in [4.78, 5) is 8.35. The quantitative estimate of drug-likeness (QED) is 0.801. The van der Waals surface area contributed by atoms with Crippen molar-refractivity contribution in [3.05, 3.63) is 46.9 Å². The first kappa shape index (κ1) is 19.3. The first-order chi connectivity index (χ1) is 12.8. The Kier molecular flexibility index (Phi) is 5.44. The van der Waals surface area contributed by atoms with Gasteiger partial charge in [-0.1, -0.05) is 17.7 Å². The van der Waals surface area contributed by atoms with E-state index in [0.717, 1.165) is 16.7 Å². The molecule has 1 saturated heterocycles. The molecule has 0 bridgehead atoms. The zero-order valence-electron chi connectivity index (χ0n) is 15.6. The molecule has 7 nitrogen and oxygen atoms in total. The lowest BCUT2D eigenvalue weighted by Gasteiger charge is -2.32. The van der Waals surface area contributed by atoms with Gasteiger partial charge in [0.2, 0.25) is 15.7 Å². The fourth-order valence-electron chi connectivity index (χ4n) is 3.57. The van der Waals surface area contributed by atoms with Crippen LogP contribution in [0.5, 0.6) is 5.88 Å². The Morgan fingerprint density at radius 3 is 2.52 bits per heavy atom. The number of nitrogens with zero attached hydrogens (tertiary/aromatic N) is 4. The van der Waals surface area contributed by atoms with Crippen LogP contribution in [0, 0.1) is 32.1 Å². The van der Waals surface area contributed by atoms with Crippen molar-refractivity contribution in [2.45, 2.75) is 44.6 Å². The minimum absolute atomic E-state index is 0.0997. The number of hydrogen-bond acceptors (Lipinski definition) is 6. The molecule has 142 valence electrons. The predicted molar refractivity (Wildman–Crippen MR) is 99.8 cm³/mol. The maximum atomic E-state index is 13.3. The van der Waals surface area contributed by atoms with Crippen LogP contribution in [0.15, 0.2) is 29.4 Å². The summed E-state index contributed by atoms with van der Waals surface area (Å²) in [5, 5.41) is 9.12. The molecular weight excluding hydrogens is 364 g/mol. The molecular formula is C19H22N4O3S. The normalized spacial score (nSPS) is 18.1. The van der Waals surface area contributed by atoms with E-state index >= 15 is 0 Å². The number of rotatable bonds is 4. The van der Waals surface area contributed by atoms with Crippen molar-refractivity contribution in [1.82, 2.24) is 14.3 Å². The van der Waals surface area contributed by atoms with Gasteiger partial charge in [-0.15, -0.1) is 0 Å². The van der Waals surface area contributed by atoms with Gasteiger partial charge in [0.1, 0.15) is 12.2 Å². The fraction of sp³-hybridized carbons (Fsp3) is 0.421. The summed E-state index contributed by atoms with van der Waals surface area (Å²) >= 11 is 0. The summed E-state index contributed by atoms with van der Waals surface area (Å²) in [6.07, 6.45) is 3.87. The van der Waals surface area contributed by atoms with E-state index in [0.29, 0.717) is 24.3 Å². The number of piperidine rings is 1. The standard InChI is InChI=1S/C19H22N4O3S/c1-13-9-14(2)18(15(3)10-13)27(24,25)23-8-4-5-16(12-23)26-19-17(11-20)21-6-7-22-19/h6-7,9-10,16H,4-5,8,12H2,1-3H3. The van der Waals surface area contributed by atoms with Crippen molar-refractivity contribution in [2.75, 3.05) is 13.1 Å². The van der Waals surface area contributed by atoms with Crippen molar-refractivity contribution < 1.29 is 13.2 Å². The van der Waals surface area contributed by atoms with Crippen molar-refractivity contribution >= 4 is 10.0 Å². The van der Waals surface area contributed by atoms with Crippen LogP contribution in [0.4, 0.5) is 0 Å². The van der Waals surface area contributed by atoms with Crippen molar-refractivity contribution in [3.8, 4) is 11.9 Å². The molecule has 1 aliphatic rings. The first-order valence-electron chi connectivity index (χ1n) is 8.78. The molecule has 0 aliphatic carbocycles. The molecule has 1 unspecified atom stereocenters. The Balaban J connectivity index is 1.85. The minimum Gasteiger partial charge on any atom is -0.471 e. The number of nitriles is 1. The van der Waals surface area contributed by atoms with Gasteiger partial charge >= 0.3 is 0 Å². The Labute approximate surface area is 159 Å². The third-order valence-electron chi connectivity index (χ3n) is 4.59. The van der Waals surface area contributed by atoms with E-state index in [1.54, 1.807) is 0 Å². The zero-order valence-corrected chi connectivity index (χ0v) is 16.5. The number of benzene rings is 1. The Hall–Kier alpha value is -2.50. The second-order valence-corrected chi connectivity index (χ2v) is 8.67. The molecule has 0 spiro atoms. The Morgan fingerprint density at radius 1 is 1.19 bits per heavy atom. The van der Waals surface area contributed by atoms with Gasteiger partial charge in [0.05, 0.1) is 11.4 Å². The number of aryl methyl sites for hydroxylation is 3. The summed E-state index contributed by atoms with van der Waals surface area (Å²) in [6, 6.07) is 5.71. The van der Waals surface area contributed by atoms with E-state index in [1.165, 1.54) is 16.7 Å². The van der Waals surface area contributed by atoms with Gasteiger partial charge in [0.25, 0.3) is 5.88 Å². The summed E-state index contributed by atoms with van der Waals surface area (Å²) in [5.41, 5.74) is 2.63. The van der Waals surface area contributed by atoms with Crippen molar-refractivity contribution in [1.29, 1.82) is 5.26 Å². The summed E-state index contributed by atoms with van der Waals surface area (Å²) in [5.74, 6) is 0.145. The van der Waals surface area contributed by atoms with E-state index < -0.39 is 10.0 Å². The highest BCUT2D eigenvalue weighted by molar-refractivity contribution is 7.89. The molecule has 2 heterocycles. The van der Waals surface area contributed by atoms with E-state index in [-0.39, 0.29) is 24.2 Å².